The Morgan fingerprint density at radius 1 is 1.19 bits per heavy atom. The van der Waals surface area contributed by atoms with Crippen molar-refractivity contribution in [2.24, 2.45) is 0 Å². The van der Waals surface area contributed by atoms with Crippen molar-refractivity contribution in [2.45, 2.75) is 19.4 Å². The maximum atomic E-state index is 12.4. The van der Waals surface area contributed by atoms with Crippen LogP contribution in [0.15, 0.2) is 42.5 Å². The summed E-state index contributed by atoms with van der Waals surface area (Å²) in [6.45, 7) is 1.89. The van der Waals surface area contributed by atoms with Crippen molar-refractivity contribution < 1.29 is 9.53 Å². The molecule has 0 spiro atoms. The summed E-state index contributed by atoms with van der Waals surface area (Å²) >= 11 is 0. The molecule has 0 saturated carbocycles. The molecule has 0 saturated heterocycles. The molecule has 4 nitrogen and oxygen atoms in total. The highest BCUT2D eigenvalue weighted by Gasteiger charge is 2.29. The van der Waals surface area contributed by atoms with Crippen molar-refractivity contribution in [3.63, 3.8) is 0 Å². The molecule has 2 aromatic carbocycles. The second-order valence-corrected chi connectivity index (χ2v) is 5.31. The van der Waals surface area contributed by atoms with Gasteiger partial charge in [0, 0.05) is 0 Å². The molecule has 1 aliphatic rings. The second kappa shape index (κ2) is 4.45. The summed E-state index contributed by atoms with van der Waals surface area (Å²) in [5.74, 6) is 1.52. The first kappa shape index (κ1) is 12.1. The van der Waals surface area contributed by atoms with Crippen LogP contribution in [0.3, 0.4) is 0 Å². The summed E-state index contributed by atoms with van der Waals surface area (Å²) in [7, 11) is 0. The number of carbonyl (C=O) groups is 1. The van der Waals surface area contributed by atoms with Crippen molar-refractivity contribution in [3.8, 4) is 5.75 Å². The molecule has 1 N–H and O–H groups in total. The number of fused-ring (bicyclic) bond motifs is 3. The topological polar surface area (TPSA) is 55.0 Å². The number of H-pyrrole nitrogens is 1. The highest BCUT2D eigenvalue weighted by molar-refractivity contribution is 6.04. The summed E-state index contributed by atoms with van der Waals surface area (Å²) in [6, 6.07) is 13.5. The van der Waals surface area contributed by atoms with Crippen molar-refractivity contribution in [1.82, 2.24) is 9.97 Å². The van der Waals surface area contributed by atoms with Crippen molar-refractivity contribution in [3.05, 3.63) is 59.4 Å². The SMILES string of the molecule is Cc1nc2c3c(ccc2[nH]1)C(=O)CC(c1ccccc1)O3. The number of nitrogens with one attached hydrogen (secondary N) is 1. The Hall–Kier alpha value is -2.62. The highest BCUT2D eigenvalue weighted by atomic mass is 16.5. The smallest absolute Gasteiger partial charge is 0.170 e. The molecule has 4 heteroatoms. The summed E-state index contributed by atoms with van der Waals surface area (Å²) < 4.78 is 6.11. The Morgan fingerprint density at radius 2 is 2.00 bits per heavy atom. The zero-order valence-electron chi connectivity index (χ0n) is 11.6. The van der Waals surface area contributed by atoms with Gasteiger partial charge in [-0.1, -0.05) is 30.3 Å². The summed E-state index contributed by atoms with van der Waals surface area (Å²) in [5, 5.41) is 0. The number of aryl methyl sites for hydroxylation is 1. The van der Waals surface area contributed by atoms with Crippen LogP contribution in [-0.2, 0) is 0 Å². The van der Waals surface area contributed by atoms with Crippen LogP contribution in [0, 0.1) is 6.92 Å². The van der Waals surface area contributed by atoms with Crippen LogP contribution >= 0.6 is 0 Å². The monoisotopic (exact) mass is 278 g/mol. The van der Waals surface area contributed by atoms with Gasteiger partial charge in [-0.3, -0.25) is 4.79 Å². The third kappa shape index (κ3) is 1.91. The number of imidazole rings is 1. The number of ether oxygens (including phenoxy) is 1. The highest BCUT2D eigenvalue weighted by Crippen LogP contribution is 2.38. The molecule has 3 aromatic rings. The van der Waals surface area contributed by atoms with Crippen molar-refractivity contribution >= 4 is 16.8 Å². The molecule has 1 aromatic heterocycles. The minimum atomic E-state index is -0.242. The van der Waals surface area contributed by atoms with Gasteiger partial charge in [-0.05, 0) is 24.6 Å². The van der Waals surface area contributed by atoms with Gasteiger partial charge in [0.15, 0.2) is 11.5 Å². The predicted octanol–water partition coefficient (Wildman–Crippen LogP) is 3.58. The van der Waals surface area contributed by atoms with Gasteiger partial charge in [0.05, 0.1) is 17.5 Å². The fraction of sp³-hybridized carbons (Fsp3) is 0.176. The van der Waals surface area contributed by atoms with E-state index >= 15 is 0 Å². The lowest BCUT2D eigenvalue weighted by Crippen LogP contribution is -2.20. The molecule has 1 unspecified atom stereocenters. The number of Topliss-reactive ketones (excluding diaryl/α,β-unsaturated/α-hetero) is 1. The van der Waals surface area contributed by atoms with Gasteiger partial charge < -0.3 is 9.72 Å². The van der Waals surface area contributed by atoms with E-state index in [9.17, 15) is 4.79 Å². The minimum Gasteiger partial charge on any atom is -0.482 e. The Bertz CT molecular complexity index is 837. The van der Waals surface area contributed by atoms with Gasteiger partial charge in [0.25, 0.3) is 0 Å². The number of ketones is 1. The standard InChI is InChI=1S/C17H14N2O2/c1-10-18-13-8-7-12-14(20)9-15(11-5-3-2-4-6-11)21-17(12)16(13)19-10/h2-8,15H,9H2,1H3,(H,18,19). The Morgan fingerprint density at radius 3 is 2.81 bits per heavy atom. The molecule has 104 valence electrons. The van der Waals surface area contributed by atoms with E-state index < -0.39 is 0 Å². The van der Waals surface area contributed by atoms with E-state index in [1.54, 1.807) is 0 Å². The molecular weight excluding hydrogens is 264 g/mol. The van der Waals surface area contributed by atoms with E-state index in [1.165, 1.54) is 0 Å². The lowest BCUT2D eigenvalue weighted by atomic mass is 9.96. The maximum absolute atomic E-state index is 12.4. The summed E-state index contributed by atoms with van der Waals surface area (Å²) in [5.41, 5.74) is 3.27. The minimum absolute atomic E-state index is 0.104. The van der Waals surface area contributed by atoms with Crippen LogP contribution in [0.2, 0.25) is 0 Å². The number of rotatable bonds is 1. The van der Waals surface area contributed by atoms with Crippen LogP contribution in [0.4, 0.5) is 0 Å². The largest absolute Gasteiger partial charge is 0.482 e. The fourth-order valence-corrected chi connectivity index (χ4v) is 2.83. The molecular formula is C17H14N2O2. The molecule has 1 aliphatic heterocycles. The van der Waals surface area contributed by atoms with E-state index in [2.05, 4.69) is 9.97 Å². The molecule has 0 bridgehead atoms. The molecule has 0 aliphatic carbocycles. The molecule has 0 amide bonds. The van der Waals surface area contributed by atoms with Gasteiger partial charge in [-0.25, -0.2) is 4.98 Å². The first-order valence-corrected chi connectivity index (χ1v) is 6.96. The van der Waals surface area contributed by atoms with E-state index in [1.807, 2.05) is 49.4 Å². The van der Waals surface area contributed by atoms with Gasteiger partial charge in [-0.2, -0.15) is 0 Å². The number of carbonyl (C=O) groups excluding carboxylic acids is 1. The summed E-state index contributed by atoms with van der Waals surface area (Å²) in [4.78, 5) is 20.0. The lowest BCUT2D eigenvalue weighted by molar-refractivity contribution is 0.0853. The molecule has 0 fully saturated rings. The Kier molecular flexibility index (Phi) is 2.57. The second-order valence-electron chi connectivity index (χ2n) is 5.31. The number of benzene rings is 2. The average Bonchev–Trinajstić information content (AvgIpc) is 2.89. The van der Waals surface area contributed by atoms with Gasteiger partial charge >= 0.3 is 0 Å². The zero-order valence-corrected chi connectivity index (χ0v) is 11.6. The number of aromatic amines is 1. The van der Waals surface area contributed by atoms with Crippen molar-refractivity contribution in [2.75, 3.05) is 0 Å². The Balaban J connectivity index is 1.86. The van der Waals surface area contributed by atoms with E-state index in [0.29, 0.717) is 17.7 Å². The van der Waals surface area contributed by atoms with Gasteiger partial charge in [0.2, 0.25) is 0 Å². The van der Waals surface area contributed by atoms with Crippen LogP contribution < -0.4 is 4.74 Å². The van der Waals surface area contributed by atoms with Crippen LogP contribution in [-0.4, -0.2) is 15.8 Å². The lowest BCUT2D eigenvalue weighted by Gasteiger charge is -2.25. The molecule has 21 heavy (non-hydrogen) atoms. The average molecular weight is 278 g/mol. The molecule has 0 radical (unpaired) electrons. The van der Waals surface area contributed by atoms with Crippen LogP contribution in [0.5, 0.6) is 5.75 Å². The van der Waals surface area contributed by atoms with Gasteiger partial charge in [0.1, 0.15) is 17.4 Å². The molecule has 2 heterocycles. The maximum Gasteiger partial charge on any atom is 0.170 e. The first-order valence-electron chi connectivity index (χ1n) is 6.96. The molecule has 4 rings (SSSR count). The first-order chi connectivity index (χ1) is 10.2. The van der Waals surface area contributed by atoms with Crippen LogP contribution in [0.1, 0.15) is 34.3 Å². The van der Waals surface area contributed by atoms with E-state index in [-0.39, 0.29) is 11.9 Å². The number of hydrogen-bond donors (Lipinski definition) is 1. The number of hydrogen-bond acceptors (Lipinski definition) is 3. The zero-order chi connectivity index (χ0) is 14.4. The normalized spacial score (nSPS) is 17.6. The Labute approximate surface area is 121 Å². The predicted molar refractivity (Wildman–Crippen MR) is 79.6 cm³/mol. The fourth-order valence-electron chi connectivity index (χ4n) is 2.83. The number of nitrogens with zero attached hydrogens (tertiary/aromatic N) is 1. The third-order valence-electron chi connectivity index (χ3n) is 3.83. The molecule has 1 atom stereocenters. The summed E-state index contributed by atoms with van der Waals surface area (Å²) in [6.07, 6.45) is 0.125. The number of aromatic nitrogens is 2. The van der Waals surface area contributed by atoms with E-state index in [0.717, 1.165) is 22.4 Å². The quantitative estimate of drug-likeness (QED) is 0.740. The van der Waals surface area contributed by atoms with E-state index in [4.69, 9.17) is 4.74 Å². The van der Waals surface area contributed by atoms with Crippen molar-refractivity contribution in [1.29, 1.82) is 0 Å². The van der Waals surface area contributed by atoms with Gasteiger partial charge in [-0.15, -0.1) is 0 Å². The van der Waals surface area contributed by atoms with Crippen LogP contribution in [0.25, 0.3) is 11.0 Å². The third-order valence-corrected chi connectivity index (χ3v) is 3.83.